The van der Waals surface area contributed by atoms with Crippen LogP contribution in [0, 0.1) is 12.7 Å². The third-order valence-corrected chi connectivity index (χ3v) is 6.39. The molecule has 39 heavy (non-hydrogen) atoms. The molecule has 1 aliphatic rings. The van der Waals surface area contributed by atoms with E-state index in [0.29, 0.717) is 28.2 Å². The molecule has 0 radical (unpaired) electrons. The topological polar surface area (TPSA) is 113 Å². The Morgan fingerprint density at radius 1 is 1.00 bits per heavy atom. The summed E-state index contributed by atoms with van der Waals surface area (Å²) >= 11 is 5.95. The van der Waals surface area contributed by atoms with Gasteiger partial charge in [-0.05, 0) is 54.4 Å². The van der Waals surface area contributed by atoms with Gasteiger partial charge in [0, 0.05) is 17.7 Å². The Kier molecular flexibility index (Phi) is 8.27. The second-order valence-corrected chi connectivity index (χ2v) is 9.28. The van der Waals surface area contributed by atoms with Crippen LogP contribution in [0.3, 0.4) is 0 Å². The van der Waals surface area contributed by atoms with Crippen LogP contribution >= 0.6 is 11.6 Å². The van der Waals surface area contributed by atoms with Gasteiger partial charge in [0.15, 0.2) is 5.78 Å². The molecule has 198 valence electrons. The number of hydrogen-bond donors (Lipinski definition) is 3. The van der Waals surface area contributed by atoms with Gasteiger partial charge >= 0.3 is 12.0 Å². The molecule has 0 saturated carbocycles. The van der Waals surface area contributed by atoms with Crippen molar-refractivity contribution < 1.29 is 23.9 Å². The molecule has 4 aromatic carbocycles. The normalized spacial score (nSPS) is 11.9. The molecule has 9 heteroatoms. The fraction of sp³-hybridized carbons (Fsp3) is 0.100. The molecule has 0 fully saturated rings. The minimum atomic E-state index is -0.946. The Balaban J connectivity index is 0.000000181. The van der Waals surface area contributed by atoms with Crippen LogP contribution in [0.4, 0.5) is 31.9 Å². The first-order valence-corrected chi connectivity index (χ1v) is 12.4. The zero-order valence-electron chi connectivity index (χ0n) is 20.9. The molecule has 1 aliphatic heterocycles. The van der Waals surface area contributed by atoms with E-state index in [1.54, 1.807) is 48.5 Å². The smallest absolute Gasteiger partial charge is 0.323 e. The van der Waals surface area contributed by atoms with Gasteiger partial charge in [-0.2, -0.15) is 0 Å². The van der Waals surface area contributed by atoms with Gasteiger partial charge in [0.05, 0.1) is 28.5 Å². The maximum absolute atomic E-state index is 13.7. The van der Waals surface area contributed by atoms with Crippen LogP contribution in [0.25, 0.3) is 0 Å². The van der Waals surface area contributed by atoms with Crippen LogP contribution in [0.5, 0.6) is 0 Å². The van der Waals surface area contributed by atoms with Gasteiger partial charge in [-0.3, -0.25) is 14.5 Å². The number of primary amides is 1. The molecule has 0 atom stereocenters. The molecule has 1 heterocycles. The number of carboxylic acids is 1. The second-order valence-electron chi connectivity index (χ2n) is 8.87. The lowest BCUT2D eigenvalue weighted by Crippen LogP contribution is -2.32. The third kappa shape index (κ3) is 6.25. The maximum Gasteiger partial charge on any atom is 0.323 e. The number of rotatable bonds is 4. The van der Waals surface area contributed by atoms with Crippen LogP contribution < -0.4 is 16.0 Å². The molecule has 0 aromatic heterocycles. The lowest BCUT2D eigenvalue weighted by molar-refractivity contribution is -0.136. The van der Waals surface area contributed by atoms with Gasteiger partial charge in [0.25, 0.3) is 0 Å². The first-order valence-electron chi connectivity index (χ1n) is 12.0. The van der Waals surface area contributed by atoms with E-state index in [9.17, 15) is 18.8 Å². The second kappa shape index (κ2) is 11.8. The number of Topliss-reactive ketones (excluding diaryl/α,β-unsaturated/α-hetero) is 1. The van der Waals surface area contributed by atoms with Crippen molar-refractivity contribution >= 4 is 52.1 Å². The number of aliphatic carboxylic acids is 1. The average Bonchev–Trinajstić information content (AvgIpc) is 3.01. The molecule has 0 aliphatic carbocycles. The van der Waals surface area contributed by atoms with E-state index < -0.39 is 17.8 Å². The number of para-hydroxylation sites is 3. The van der Waals surface area contributed by atoms with Gasteiger partial charge in [-0.15, -0.1) is 0 Å². The van der Waals surface area contributed by atoms with Crippen LogP contribution in [0.2, 0.25) is 5.02 Å². The molecular weight excluding hydrogens is 521 g/mol. The predicted octanol–water partition coefficient (Wildman–Crippen LogP) is 6.80. The third-order valence-electron chi connectivity index (χ3n) is 6.07. The highest BCUT2D eigenvalue weighted by molar-refractivity contribution is 6.33. The number of carboxylic acid groups (broad SMARTS) is 1. The maximum atomic E-state index is 13.7. The summed E-state index contributed by atoms with van der Waals surface area (Å²) in [6.45, 7) is 1.87. The summed E-state index contributed by atoms with van der Waals surface area (Å²) in [5.41, 5.74) is 10.2. The van der Waals surface area contributed by atoms with E-state index in [0.717, 1.165) is 11.1 Å². The summed E-state index contributed by atoms with van der Waals surface area (Å²) in [5.74, 6) is -1.44. The standard InChI is InChI=1S/C15H13ClFNO2.C15H12N2O2/c1-9-5-6-13(10(7-9)8-14(19)20)18-15-11(16)3-2-4-12(15)17;16-15(19)17-12-7-3-1-5-10(12)9-14(18)11-6-2-4-8-13(11)17/h2-7,18H,8H2,1H3,(H,19,20);1-8H,9H2,(H2,16,19). The molecule has 4 aromatic rings. The number of nitrogens with two attached hydrogens (primary N) is 1. The predicted molar refractivity (Wildman–Crippen MR) is 150 cm³/mol. The summed E-state index contributed by atoms with van der Waals surface area (Å²) in [7, 11) is 0. The number of nitrogens with zero attached hydrogens (tertiary/aromatic N) is 1. The lowest BCUT2D eigenvalue weighted by atomic mass is 10.0. The number of fused-ring (bicyclic) bond motifs is 2. The molecule has 5 rings (SSSR count). The van der Waals surface area contributed by atoms with Gasteiger partial charge in [0.2, 0.25) is 0 Å². The van der Waals surface area contributed by atoms with E-state index in [1.807, 2.05) is 31.2 Å². The first kappa shape index (κ1) is 27.3. The van der Waals surface area contributed by atoms with Crippen molar-refractivity contribution in [2.45, 2.75) is 19.8 Å². The summed E-state index contributed by atoms with van der Waals surface area (Å²) in [5, 5.41) is 12.0. The molecule has 2 amide bonds. The van der Waals surface area contributed by atoms with Crippen molar-refractivity contribution in [3.05, 3.63) is 118 Å². The monoisotopic (exact) mass is 545 g/mol. The molecule has 4 N–H and O–H groups in total. The molecule has 0 bridgehead atoms. The van der Waals surface area contributed by atoms with E-state index in [4.69, 9.17) is 22.4 Å². The summed E-state index contributed by atoms with van der Waals surface area (Å²) < 4.78 is 13.7. The highest BCUT2D eigenvalue weighted by Crippen LogP contribution is 2.35. The minimum Gasteiger partial charge on any atom is -0.481 e. The highest BCUT2D eigenvalue weighted by Gasteiger charge is 2.27. The van der Waals surface area contributed by atoms with E-state index in [2.05, 4.69) is 5.32 Å². The van der Waals surface area contributed by atoms with Crippen molar-refractivity contribution in [3.63, 3.8) is 0 Å². The summed E-state index contributed by atoms with van der Waals surface area (Å²) in [6.07, 6.45) is 0.132. The van der Waals surface area contributed by atoms with Crippen molar-refractivity contribution in [2.75, 3.05) is 10.2 Å². The number of anilines is 4. The SMILES string of the molecule is Cc1ccc(Nc2c(F)cccc2Cl)c(CC(=O)O)c1.NC(=O)N1c2ccccc2CC(=O)c2ccccc21. The Labute approximate surface area is 229 Å². The number of hydrogen-bond acceptors (Lipinski definition) is 4. The van der Waals surface area contributed by atoms with Crippen LogP contribution in [-0.2, 0) is 17.6 Å². The molecule has 0 spiro atoms. The zero-order valence-corrected chi connectivity index (χ0v) is 21.7. The quantitative estimate of drug-likeness (QED) is 0.261. The summed E-state index contributed by atoms with van der Waals surface area (Å²) in [4.78, 5) is 36.3. The van der Waals surface area contributed by atoms with Gasteiger partial charge in [-0.1, -0.05) is 65.7 Å². The van der Waals surface area contributed by atoms with Crippen molar-refractivity contribution in [1.29, 1.82) is 0 Å². The van der Waals surface area contributed by atoms with Crippen molar-refractivity contribution in [3.8, 4) is 0 Å². The molecular formula is C30H25ClFN3O4. The Hall–Kier alpha value is -4.69. The molecule has 0 unspecified atom stereocenters. The highest BCUT2D eigenvalue weighted by atomic mass is 35.5. The molecule has 7 nitrogen and oxygen atoms in total. The number of benzene rings is 4. The number of urea groups is 1. The van der Waals surface area contributed by atoms with Gasteiger partial charge in [-0.25, -0.2) is 9.18 Å². The largest absolute Gasteiger partial charge is 0.481 e. The zero-order chi connectivity index (χ0) is 28.1. The number of carbonyl (C=O) groups is 3. The van der Waals surface area contributed by atoms with Crippen LogP contribution in [-0.4, -0.2) is 22.9 Å². The number of ketones is 1. The van der Waals surface area contributed by atoms with Crippen LogP contribution in [0.1, 0.15) is 27.0 Å². The van der Waals surface area contributed by atoms with Crippen molar-refractivity contribution in [2.24, 2.45) is 5.73 Å². The summed E-state index contributed by atoms with van der Waals surface area (Å²) in [6, 6.07) is 23.4. The number of nitrogens with one attached hydrogen (secondary N) is 1. The fourth-order valence-corrected chi connectivity index (χ4v) is 4.53. The van der Waals surface area contributed by atoms with E-state index in [-0.39, 0.29) is 29.3 Å². The van der Waals surface area contributed by atoms with E-state index in [1.165, 1.54) is 17.0 Å². The van der Waals surface area contributed by atoms with Crippen molar-refractivity contribution in [1.82, 2.24) is 0 Å². The number of aryl methyl sites for hydroxylation is 1. The lowest BCUT2D eigenvalue weighted by Gasteiger charge is -2.22. The Morgan fingerprint density at radius 3 is 2.38 bits per heavy atom. The van der Waals surface area contributed by atoms with E-state index >= 15 is 0 Å². The van der Waals surface area contributed by atoms with Gasteiger partial charge < -0.3 is 16.2 Å². The Bertz CT molecular complexity index is 1550. The number of amides is 2. The fourth-order valence-electron chi connectivity index (χ4n) is 4.32. The Morgan fingerprint density at radius 2 is 1.69 bits per heavy atom. The minimum absolute atomic E-state index is 0.00759. The number of halogens is 2. The molecule has 0 saturated heterocycles. The van der Waals surface area contributed by atoms with Gasteiger partial charge in [0.1, 0.15) is 5.82 Å². The van der Waals surface area contributed by atoms with Crippen LogP contribution in [0.15, 0.2) is 84.9 Å². The average molecular weight is 546 g/mol. The number of carbonyl (C=O) groups excluding carboxylic acids is 2. The first-order chi connectivity index (χ1) is 18.7.